The first-order valence-corrected chi connectivity index (χ1v) is 20.9. The molecule has 0 bridgehead atoms. The van der Waals surface area contributed by atoms with Gasteiger partial charge in [-0.15, -0.1) is 0 Å². The minimum Gasteiger partial charge on any atom is -0.496 e. The Hall–Kier alpha value is -7.36. The highest BCUT2D eigenvalue weighted by Gasteiger charge is 2.19. The largest absolute Gasteiger partial charge is 0.496 e. The molecule has 3 nitrogen and oxygen atoms in total. The smallest absolute Gasteiger partial charge is 0.128 e. The molecule has 0 aliphatic rings. The summed E-state index contributed by atoms with van der Waals surface area (Å²) in [5.41, 5.74) is 19.6. The maximum Gasteiger partial charge on any atom is 0.128 e. The maximum absolute atomic E-state index is 5.97. The molecule has 0 atom stereocenters. The molecule has 0 spiro atoms. The molecule has 0 aromatic heterocycles. The highest BCUT2D eigenvalue weighted by atomic mass is 16.5. The van der Waals surface area contributed by atoms with Crippen LogP contribution in [0.2, 0.25) is 0 Å². The van der Waals surface area contributed by atoms with Gasteiger partial charge in [0.1, 0.15) is 5.75 Å². The molecule has 8 rings (SSSR count). The first kappa shape index (κ1) is 40.4. The van der Waals surface area contributed by atoms with E-state index in [1.165, 1.54) is 38.9 Å². The van der Waals surface area contributed by atoms with Crippen LogP contribution in [0, 0.1) is 34.6 Å². The van der Waals surface area contributed by atoms with E-state index in [0.29, 0.717) is 0 Å². The number of aryl methyl sites for hydroxylation is 5. The van der Waals surface area contributed by atoms with E-state index in [2.05, 4.69) is 239 Å². The lowest BCUT2D eigenvalue weighted by Crippen LogP contribution is -2.12. The zero-order chi connectivity index (χ0) is 42.3. The Morgan fingerprint density at radius 1 is 0.361 bits per heavy atom. The van der Waals surface area contributed by atoms with Crippen molar-refractivity contribution >= 4 is 58.4 Å². The van der Waals surface area contributed by atoms with Gasteiger partial charge >= 0.3 is 0 Å². The van der Waals surface area contributed by atoms with Crippen LogP contribution in [0.4, 0.5) is 34.1 Å². The van der Waals surface area contributed by atoms with E-state index in [1.807, 2.05) is 12.1 Å². The zero-order valence-electron chi connectivity index (χ0n) is 35.9. The van der Waals surface area contributed by atoms with Crippen LogP contribution in [0.25, 0.3) is 35.4 Å². The fourth-order valence-corrected chi connectivity index (χ4v) is 8.04. The molecule has 0 heterocycles. The molecule has 3 heteroatoms. The molecule has 61 heavy (non-hydrogen) atoms. The number of rotatable bonds is 12. The molecule has 0 N–H and O–H groups in total. The number of hydrogen-bond acceptors (Lipinski definition) is 3. The second kappa shape index (κ2) is 18.3. The summed E-state index contributed by atoms with van der Waals surface area (Å²) < 4.78 is 5.97. The molecule has 8 aromatic rings. The summed E-state index contributed by atoms with van der Waals surface area (Å²) in [6.07, 6.45) is 8.62. The molecule has 0 amide bonds. The predicted molar refractivity (Wildman–Crippen MR) is 262 cm³/mol. The lowest BCUT2D eigenvalue weighted by atomic mass is 10.0. The lowest BCUT2D eigenvalue weighted by Gasteiger charge is -2.28. The van der Waals surface area contributed by atoms with E-state index < -0.39 is 0 Å². The van der Waals surface area contributed by atoms with E-state index in [4.69, 9.17) is 4.74 Å². The standard InChI is InChI=1S/C58H52N2O/c1-41-17-35-56(44(4)37-41)59(54-33-23-48(43(3)39-54)21-19-46-13-9-7-10-14-46)52-29-24-49(25-30-52)50-26-31-53(32-27-50)60(57-36-18-42(2)38-45(57)5)55-34-28-51(58(40-55)61-6)22-20-47-15-11-8-12-16-47/h7-40H,1-6H3/b21-19+,22-20+. The predicted octanol–water partition coefficient (Wildman–Crippen LogP) is 16.2. The third-order valence-corrected chi connectivity index (χ3v) is 11.3. The molecule has 0 radical (unpaired) electrons. The van der Waals surface area contributed by atoms with Crippen molar-refractivity contribution in [3.05, 3.63) is 232 Å². The number of methoxy groups -OCH3 is 1. The molecule has 300 valence electrons. The van der Waals surface area contributed by atoms with Crippen molar-refractivity contribution in [1.29, 1.82) is 0 Å². The van der Waals surface area contributed by atoms with Gasteiger partial charge in [-0.3, -0.25) is 0 Å². The number of ether oxygens (including phenoxy) is 1. The highest BCUT2D eigenvalue weighted by molar-refractivity contribution is 5.84. The Kier molecular flexibility index (Phi) is 12.1. The molecule has 8 aromatic carbocycles. The second-order valence-electron chi connectivity index (χ2n) is 15.8. The average Bonchev–Trinajstić information content (AvgIpc) is 3.28. The van der Waals surface area contributed by atoms with Crippen LogP contribution < -0.4 is 14.5 Å². The Morgan fingerprint density at radius 3 is 1.23 bits per heavy atom. The minimum absolute atomic E-state index is 0.817. The first-order valence-electron chi connectivity index (χ1n) is 20.9. The molecule has 0 aliphatic carbocycles. The van der Waals surface area contributed by atoms with Crippen molar-refractivity contribution in [3.8, 4) is 16.9 Å². The molecular formula is C58H52N2O. The van der Waals surface area contributed by atoms with Gasteiger partial charge in [0.25, 0.3) is 0 Å². The Labute approximate surface area is 362 Å². The van der Waals surface area contributed by atoms with E-state index in [9.17, 15) is 0 Å². The fraction of sp³-hybridized carbons (Fsp3) is 0.103. The second-order valence-corrected chi connectivity index (χ2v) is 15.8. The van der Waals surface area contributed by atoms with Crippen LogP contribution in [0.5, 0.6) is 5.75 Å². The van der Waals surface area contributed by atoms with Gasteiger partial charge in [0.15, 0.2) is 0 Å². The van der Waals surface area contributed by atoms with E-state index in [-0.39, 0.29) is 0 Å². The van der Waals surface area contributed by atoms with Crippen molar-refractivity contribution in [1.82, 2.24) is 0 Å². The van der Waals surface area contributed by atoms with Gasteiger partial charge in [0.2, 0.25) is 0 Å². The minimum atomic E-state index is 0.817. The number of nitrogens with zero attached hydrogens (tertiary/aromatic N) is 2. The molecule has 0 unspecified atom stereocenters. The van der Waals surface area contributed by atoms with Crippen molar-refractivity contribution in [2.75, 3.05) is 16.9 Å². The Balaban J connectivity index is 1.11. The summed E-state index contributed by atoms with van der Waals surface area (Å²) in [4.78, 5) is 4.69. The van der Waals surface area contributed by atoms with E-state index >= 15 is 0 Å². The van der Waals surface area contributed by atoms with E-state index in [1.54, 1.807) is 7.11 Å². The summed E-state index contributed by atoms with van der Waals surface area (Å²) in [5.74, 6) is 0.817. The normalized spacial score (nSPS) is 11.3. The van der Waals surface area contributed by atoms with Crippen molar-refractivity contribution < 1.29 is 4.74 Å². The molecule has 0 saturated heterocycles. The average molecular weight is 793 g/mol. The third kappa shape index (κ3) is 9.28. The van der Waals surface area contributed by atoms with Crippen LogP contribution in [0.15, 0.2) is 182 Å². The summed E-state index contributed by atoms with van der Waals surface area (Å²) in [5, 5.41) is 0. The summed E-state index contributed by atoms with van der Waals surface area (Å²) in [7, 11) is 1.74. The number of hydrogen-bond donors (Lipinski definition) is 0. The van der Waals surface area contributed by atoms with Crippen LogP contribution >= 0.6 is 0 Å². The monoisotopic (exact) mass is 792 g/mol. The Morgan fingerprint density at radius 2 is 0.787 bits per heavy atom. The van der Waals surface area contributed by atoms with Gasteiger partial charge in [-0.2, -0.15) is 0 Å². The number of benzene rings is 8. The fourth-order valence-electron chi connectivity index (χ4n) is 8.04. The topological polar surface area (TPSA) is 15.7 Å². The summed E-state index contributed by atoms with van der Waals surface area (Å²) >= 11 is 0. The first-order chi connectivity index (χ1) is 29.7. The maximum atomic E-state index is 5.97. The van der Waals surface area contributed by atoms with E-state index in [0.717, 1.165) is 62.1 Å². The lowest BCUT2D eigenvalue weighted by molar-refractivity contribution is 0.414. The van der Waals surface area contributed by atoms with Gasteiger partial charge in [0, 0.05) is 45.8 Å². The zero-order valence-corrected chi connectivity index (χ0v) is 35.9. The Bertz CT molecular complexity index is 2820. The summed E-state index contributed by atoms with van der Waals surface area (Å²) in [6.45, 7) is 10.9. The molecule has 0 saturated carbocycles. The highest BCUT2D eigenvalue weighted by Crippen LogP contribution is 2.42. The van der Waals surface area contributed by atoms with Gasteiger partial charge in [-0.25, -0.2) is 0 Å². The van der Waals surface area contributed by atoms with Gasteiger partial charge in [-0.1, -0.05) is 151 Å². The van der Waals surface area contributed by atoms with Gasteiger partial charge in [0.05, 0.1) is 7.11 Å². The van der Waals surface area contributed by atoms with Crippen LogP contribution in [-0.4, -0.2) is 7.11 Å². The van der Waals surface area contributed by atoms with Crippen molar-refractivity contribution in [3.63, 3.8) is 0 Å². The third-order valence-electron chi connectivity index (χ3n) is 11.3. The van der Waals surface area contributed by atoms with Crippen LogP contribution in [0.1, 0.15) is 50.1 Å². The van der Waals surface area contributed by atoms with Crippen molar-refractivity contribution in [2.24, 2.45) is 0 Å². The quantitative estimate of drug-likeness (QED) is 0.115. The molecule has 0 aliphatic heterocycles. The molecule has 0 fully saturated rings. The summed E-state index contributed by atoms with van der Waals surface area (Å²) in [6, 6.07) is 65.2. The number of anilines is 6. The van der Waals surface area contributed by atoms with Crippen LogP contribution in [0.3, 0.4) is 0 Å². The molecular weight excluding hydrogens is 741 g/mol. The van der Waals surface area contributed by atoms with Gasteiger partial charge in [-0.05, 0) is 140 Å². The van der Waals surface area contributed by atoms with Crippen LogP contribution in [-0.2, 0) is 0 Å². The SMILES string of the molecule is COc1cc(N(c2ccc(-c3ccc(N(c4ccc(/C=C/c5ccccc5)c(C)c4)c4ccc(C)cc4C)cc3)cc2)c2ccc(C)cc2C)ccc1/C=C/c1ccccc1. The van der Waals surface area contributed by atoms with Gasteiger partial charge < -0.3 is 14.5 Å². The van der Waals surface area contributed by atoms with Crippen molar-refractivity contribution in [2.45, 2.75) is 34.6 Å².